The normalized spacial score (nSPS) is 9.11. The summed E-state index contributed by atoms with van der Waals surface area (Å²) < 4.78 is 0. The Morgan fingerprint density at radius 1 is 1.44 bits per heavy atom. The maximum atomic E-state index is 10.1. The molecule has 0 aliphatic heterocycles. The van der Waals surface area contributed by atoms with E-state index in [0.717, 1.165) is 12.5 Å². The van der Waals surface area contributed by atoms with Crippen molar-refractivity contribution in [2.45, 2.75) is 39.3 Å². The molecule has 0 spiro atoms. The van der Waals surface area contributed by atoms with Crippen molar-refractivity contribution in [3.8, 4) is 0 Å². The molecular formula is C7H15BO. The van der Waals surface area contributed by atoms with E-state index in [9.17, 15) is 4.79 Å². The molecular weight excluding hydrogens is 111 g/mol. The van der Waals surface area contributed by atoms with E-state index in [0.29, 0.717) is 0 Å². The summed E-state index contributed by atoms with van der Waals surface area (Å²) >= 11 is 0. The first-order chi connectivity index (χ1) is 4.31. The third-order valence-electron chi connectivity index (χ3n) is 1.50. The van der Waals surface area contributed by atoms with Crippen molar-refractivity contribution in [2.24, 2.45) is 0 Å². The Labute approximate surface area is 57.9 Å². The molecule has 0 aromatic heterocycles. The van der Waals surface area contributed by atoms with E-state index in [2.05, 4.69) is 6.92 Å². The van der Waals surface area contributed by atoms with E-state index in [1.807, 2.05) is 6.82 Å². The van der Waals surface area contributed by atoms with Crippen LogP contribution in [0.2, 0.25) is 13.1 Å². The SMILES string of the molecule is CCCCCB(C)C=O. The average Bonchev–Trinajstić information content (AvgIpc) is 1.89. The number of hydrogen-bond donors (Lipinski definition) is 0. The molecule has 9 heavy (non-hydrogen) atoms. The Morgan fingerprint density at radius 3 is 2.56 bits per heavy atom. The molecule has 0 N–H and O–H groups in total. The van der Waals surface area contributed by atoms with Gasteiger partial charge in [0, 0.05) is 0 Å². The van der Waals surface area contributed by atoms with Gasteiger partial charge in [-0.2, -0.15) is 0 Å². The Kier molecular flexibility index (Phi) is 5.69. The maximum Gasteiger partial charge on any atom is 0.215 e. The van der Waals surface area contributed by atoms with Gasteiger partial charge in [-0.05, 0) is 0 Å². The largest absolute Gasteiger partial charge is 0.315 e. The Morgan fingerprint density at radius 2 is 2.11 bits per heavy atom. The molecule has 0 aliphatic rings. The fourth-order valence-corrected chi connectivity index (χ4v) is 0.784. The van der Waals surface area contributed by atoms with E-state index in [1.54, 1.807) is 0 Å². The highest BCUT2D eigenvalue weighted by Crippen LogP contribution is 2.01. The second kappa shape index (κ2) is 5.86. The maximum absolute atomic E-state index is 10.1. The van der Waals surface area contributed by atoms with Crippen LogP contribution in [0.3, 0.4) is 0 Å². The lowest BCUT2D eigenvalue weighted by molar-refractivity contribution is 0.567. The van der Waals surface area contributed by atoms with Gasteiger partial charge in [0.25, 0.3) is 0 Å². The van der Waals surface area contributed by atoms with Crippen LogP contribution in [-0.2, 0) is 4.79 Å². The smallest absolute Gasteiger partial charge is 0.215 e. The monoisotopic (exact) mass is 126 g/mol. The molecule has 0 heterocycles. The second-order valence-electron chi connectivity index (χ2n) is 2.61. The van der Waals surface area contributed by atoms with Crippen LogP contribution in [0.4, 0.5) is 0 Å². The second-order valence-corrected chi connectivity index (χ2v) is 2.61. The molecule has 0 radical (unpaired) electrons. The molecule has 0 atom stereocenters. The fourth-order valence-electron chi connectivity index (χ4n) is 0.784. The quantitative estimate of drug-likeness (QED) is 0.313. The van der Waals surface area contributed by atoms with Crippen molar-refractivity contribution >= 4 is 12.9 Å². The highest BCUT2D eigenvalue weighted by Gasteiger charge is 2.02. The minimum absolute atomic E-state index is 0.275. The number of unbranched alkanes of at least 4 members (excludes halogenated alkanes) is 2. The predicted molar refractivity (Wildman–Crippen MR) is 42.7 cm³/mol. The van der Waals surface area contributed by atoms with Crippen LogP contribution in [0.5, 0.6) is 0 Å². The van der Waals surface area contributed by atoms with Crippen molar-refractivity contribution in [1.82, 2.24) is 0 Å². The first-order valence-electron chi connectivity index (χ1n) is 3.76. The van der Waals surface area contributed by atoms with Gasteiger partial charge < -0.3 is 4.79 Å². The molecule has 0 aromatic carbocycles. The van der Waals surface area contributed by atoms with E-state index >= 15 is 0 Å². The van der Waals surface area contributed by atoms with E-state index in [-0.39, 0.29) is 6.71 Å². The first-order valence-corrected chi connectivity index (χ1v) is 3.76. The molecule has 0 unspecified atom stereocenters. The lowest BCUT2D eigenvalue weighted by Gasteiger charge is -1.96. The van der Waals surface area contributed by atoms with Gasteiger partial charge in [-0.1, -0.05) is 39.3 Å². The minimum atomic E-state index is 0.275. The van der Waals surface area contributed by atoms with Crippen molar-refractivity contribution in [3.05, 3.63) is 0 Å². The van der Waals surface area contributed by atoms with Crippen LogP contribution in [-0.4, -0.2) is 12.9 Å². The molecule has 0 amide bonds. The Balaban J connectivity index is 2.96. The topological polar surface area (TPSA) is 17.1 Å². The van der Waals surface area contributed by atoms with Crippen LogP contribution in [0.25, 0.3) is 0 Å². The van der Waals surface area contributed by atoms with Crippen LogP contribution < -0.4 is 0 Å². The number of hydrogen-bond acceptors (Lipinski definition) is 1. The Hall–Kier alpha value is -0.265. The van der Waals surface area contributed by atoms with Gasteiger partial charge in [0.15, 0.2) is 0 Å². The molecule has 0 saturated heterocycles. The van der Waals surface area contributed by atoms with Gasteiger partial charge in [0.05, 0.1) is 6.19 Å². The van der Waals surface area contributed by atoms with Crippen molar-refractivity contribution in [3.63, 3.8) is 0 Å². The zero-order valence-corrected chi connectivity index (χ0v) is 6.39. The number of rotatable bonds is 5. The van der Waals surface area contributed by atoms with E-state index in [1.165, 1.54) is 19.3 Å². The van der Waals surface area contributed by atoms with Gasteiger partial charge in [0.1, 0.15) is 0 Å². The van der Waals surface area contributed by atoms with Crippen LogP contribution in [0, 0.1) is 0 Å². The molecule has 0 rings (SSSR count). The molecule has 0 fully saturated rings. The van der Waals surface area contributed by atoms with Gasteiger partial charge in [-0.25, -0.2) is 0 Å². The molecule has 0 saturated carbocycles. The highest BCUT2D eigenvalue weighted by atomic mass is 16.1. The highest BCUT2D eigenvalue weighted by molar-refractivity contribution is 6.83. The lowest BCUT2D eigenvalue weighted by atomic mass is 9.50. The summed E-state index contributed by atoms with van der Waals surface area (Å²) in [6.07, 6.45) is 5.81. The standard InChI is InChI=1S/C7H15BO/c1-3-4-5-6-8(2)7-9/h7H,3-6H2,1-2H3. The summed E-state index contributed by atoms with van der Waals surface area (Å²) in [4.78, 5) is 10.1. The summed E-state index contributed by atoms with van der Waals surface area (Å²) in [5.41, 5.74) is 0. The number of carbonyl (C=O) groups is 1. The van der Waals surface area contributed by atoms with Crippen LogP contribution in [0.1, 0.15) is 26.2 Å². The van der Waals surface area contributed by atoms with E-state index < -0.39 is 0 Å². The minimum Gasteiger partial charge on any atom is -0.315 e. The third-order valence-corrected chi connectivity index (χ3v) is 1.50. The summed E-state index contributed by atoms with van der Waals surface area (Å²) in [7, 11) is 0. The third kappa shape index (κ3) is 5.61. The average molecular weight is 126 g/mol. The van der Waals surface area contributed by atoms with Gasteiger partial charge in [-0.15, -0.1) is 0 Å². The zero-order valence-electron chi connectivity index (χ0n) is 6.39. The van der Waals surface area contributed by atoms with Crippen molar-refractivity contribution in [1.29, 1.82) is 0 Å². The lowest BCUT2D eigenvalue weighted by Crippen LogP contribution is -2.07. The molecule has 2 heteroatoms. The van der Waals surface area contributed by atoms with Gasteiger partial charge in [0.2, 0.25) is 6.71 Å². The first kappa shape index (κ1) is 8.73. The molecule has 0 aliphatic carbocycles. The molecule has 1 nitrogen and oxygen atoms in total. The van der Waals surface area contributed by atoms with Gasteiger partial charge >= 0.3 is 0 Å². The molecule has 0 bridgehead atoms. The van der Waals surface area contributed by atoms with Crippen molar-refractivity contribution in [2.75, 3.05) is 0 Å². The van der Waals surface area contributed by atoms with E-state index in [4.69, 9.17) is 0 Å². The summed E-state index contributed by atoms with van der Waals surface area (Å²) in [5, 5.41) is 0. The number of carbonyl (C=O) groups excluding carboxylic acids is 1. The predicted octanol–water partition coefficient (Wildman–Crippen LogP) is 2.07. The summed E-state index contributed by atoms with van der Waals surface area (Å²) in [6.45, 7) is 4.42. The molecule has 0 aromatic rings. The molecule has 52 valence electrons. The van der Waals surface area contributed by atoms with Gasteiger partial charge in [-0.3, -0.25) is 0 Å². The fraction of sp³-hybridized carbons (Fsp3) is 0.857. The van der Waals surface area contributed by atoms with Crippen LogP contribution >= 0.6 is 0 Å². The summed E-state index contributed by atoms with van der Waals surface area (Å²) in [6, 6.07) is 0. The van der Waals surface area contributed by atoms with Crippen LogP contribution in [0.15, 0.2) is 0 Å². The Bertz CT molecular complexity index is 73.3. The summed E-state index contributed by atoms with van der Waals surface area (Å²) in [5.74, 6) is 0. The van der Waals surface area contributed by atoms with Crippen molar-refractivity contribution < 1.29 is 4.79 Å². The zero-order chi connectivity index (χ0) is 7.11.